The highest BCUT2D eigenvalue weighted by atomic mass is 16.3. The zero-order valence-electron chi connectivity index (χ0n) is 26.5. The summed E-state index contributed by atoms with van der Waals surface area (Å²) in [6.07, 6.45) is 18.2. The molecular formula is C44H33N3O. The molecule has 4 aromatic carbocycles. The fraction of sp³-hybridized carbons (Fsp3) is 0.0909. The van der Waals surface area contributed by atoms with Crippen molar-refractivity contribution >= 4 is 67.5 Å². The van der Waals surface area contributed by atoms with Crippen LogP contribution in [0.15, 0.2) is 132 Å². The van der Waals surface area contributed by atoms with E-state index in [2.05, 4.69) is 125 Å². The monoisotopic (exact) mass is 619 g/mol. The molecule has 0 radical (unpaired) electrons. The van der Waals surface area contributed by atoms with Crippen molar-refractivity contribution in [2.45, 2.75) is 25.2 Å². The number of allylic oxidation sites excluding steroid dienone is 5. The molecule has 0 saturated heterocycles. The Morgan fingerprint density at radius 3 is 2.48 bits per heavy atom. The number of nitrogens with zero attached hydrogens (tertiary/aromatic N) is 2. The van der Waals surface area contributed by atoms with E-state index >= 15 is 0 Å². The van der Waals surface area contributed by atoms with Crippen LogP contribution in [-0.2, 0) is 6.42 Å². The zero-order chi connectivity index (χ0) is 31.9. The van der Waals surface area contributed by atoms with Crippen molar-refractivity contribution in [2.75, 3.05) is 5.73 Å². The number of hydrogen-bond donors (Lipinski definition) is 1. The number of aromatic nitrogens is 2. The van der Waals surface area contributed by atoms with Gasteiger partial charge in [0.2, 0.25) is 0 Å². The van der Waals surface area contributed by atoms with Gasteiger partial charge in [0, 0.05) is 61.4 Å². The van der Waals surface area contributed by atoms with Crippen LogP contribution >= 0.6 is 0 Å². The topological polar surface area (TPSA) is 48.5 Å². The average molecular weight is 620 g/mol. The Balaban J connectivity index is 1.29. The van der Waals surface area contributed by atoms with Crippen LogP contribution < -0.4 is 11.0 Å². The van der Waals surface area contributed by atoms with Crippen LogP contribution in [-0.4, -0.2) is 8.97 Å². The molecule has 2 N–H and O–H groups in total. The van der Waals surface area contributed by atoms with Crippen LogP contribution in [0.3, 0.4) is 0 Å². The maximum absolute atomic E-state index is 7.17. The van der Waals surface area contributed by atoms with Gasteiger partial charge in [0.1, 0.15) is 11.4 Å². The second-order valence-corrected chi connectivity index (χ2v) is 13.1. The van der Waals surface area contributed by atoms with Crippen LogP contribution in [0.1, 0.15) is 35.6 Å². The largest absolute Gasteiger partial charge is 0.464 e. The molecule has 0 saturated carbocycles. The summed E-state index contributed by atoms with van der Waals surface area (Å²) in [4.78, 5) is 0. The molecule has 4 heteroatoms. The first-order chi connectivity index (χ1) is 23.7. The molecular weight excluding hydrogens is 587 g/mol. The van der Waals surface area contributed by atoms with Gasteiger partial charge < -0.3 is 14.7 Å². The summed E-state index contributed by atoms with van der Waals surface area (Å²) >= 11 is 0. The van der Waals surface area contributed by atoms with Crippen LogP contribution in [0.25, 0.3) is 78.5 Å². The number of benzene rings is 4. The van der Waals surface area contributed by atoms with Crippen LogP contribution in [0.2, 0.25) is 0 Å². The van der Waals surface area contributed by atoms with Crippen LogP contribution in [0.5, 0.6) is 0 Å². The van der Waals surface area contributed by atoms with E-state index in [0.717, 1.165) is 57.7 Å². The van der Waals surface area contributed by atoms with E-state index in [9.17, 15) is 0 Å². The van der Waals surface area contributed by atoms with E-state index in [-0.39, 0.29) is 5.92 Å². The Hall–Kier alpha value is -6.00. The van der Waals surface area contributed by atoms with Crippen molar-refractivity contribution in [1.29, 1.82) is 0 Å². The Labute approximate surface area is 277 Å². The number of nitrogens with two attached hydrogens (primary N) is 1. The summed E-state index contributed by atoms with van der Waals surface area (Å²) in [5.41, 5.74) is 18.9. The van der Waals surface area contributed by atoms with Gasteiger partial charge in [-0.2, -0.15) is 0 Å². The van der Waals surface area contributed by atoms with Gasteiger partial charge in [-0.05, 0) is 84.1 Å². The van der Waals surface area contributed by atoms with Gasteiger partial charge in [0.05, 0.1) is 22.8 Å². The highest BCUT2D eigenvalue weighted by Crippen LogP contribution is 2.46. The first-order valence-corrected chi connectivity index (χ1v) is 16.7. The van der Waals surface area contributed by atoms with Gasteiger partial charge in [-0.3, -0.25) is 4.40 Å². The quantitative estimate of drug-likeness (QED) is 0.214. The standard InChI is InChI=1S/C44H33N3O/c1-27-12-10-11-21-48-41-26-40-35(25-33(27)41)36-23-30(24-37-42(28-13-4-2-5-14-28)44(45)47(40)43(36)37)29-19-20-39-34(22-29)32-17-8-9-18-38(32)46(39)31-15-6-3-7-16-31/h2-8,10-13,15-17,19-26,28H,1,9,14,18,45H2. The van der Waals surface area contributed by atoms with Crippen molar-refractivity contribution in [1.82, 2.24) is 8.97 Å². The molecule has 0 bridgehead atoms. The van der Waals surface area contributed by atoms with Gasteiger partial charge in [0.15, 0.2) is 0 Å². The molecule has 0 fully saturated rings. The summed E-state index contributed by atoms with van der Waals surface area (Å²) in [5.74, 6) is 0.998. The molecule has 10 rings (SSSR count). The summed E-state index contributed by atoms with van der Waals surface area (Å²) in [6.45, 7) is 4.36. The second-order valence-electron chi connectivity index (χ2n) is 13.1. The molecule has 0 spiro atoms. The molecule has 48 heavy (non-hydrogen) atoms. The van der Waals surface area contributed by atoms with E-state index < -0.39 is 0 Å². The molecule has 1 unspecified atom stereocenters. The number of para-hydroxylation sites is 1. The summed E-state index contributed by atoms with van der Waals surface area (Å²) in [7, 11) is 0. The lowest BCUT2D eigenvalue weighted by Gasteiger charge is -2.15. The van der Waals surface area contributed by atoms with E-state index in [0.29, 0.717) is 0 Å². The second kappa shape index (κ2) is 10.2. The SMILES string of the molecule is C=c1ccccoc2cc3c(cc12)c1cc(-c2ccc4c(c2)c2c(n4-c4ccccc4)CCC=C2)cc2c(C4C=CC=CC4)c(N)n3c21. The van der Waals surface area contributed by atoms with Crippen molar-refractivity contribution < 1.29 is 4.42 Å². The highest BCUT2D eigenvalue weighted by molar-refractivity contribution is 6.20. The third kappa shape index (κ3) is 3.83. The molecule has 4 nitrogen and oxygen atoms in total. The van der Waals surface area contributed by atoms with Gasteiger partial charge in [-0.15, -0.1) is 0 Å². The van der Waals surface area contributed by atoms with Crippen LogP contribution in [0, 0.1) is 0 Å². The lowest BCUT2D eigenvalue weighted by atomic mass is 9.89. The maximum atomic E-state index is 7.17. The number of nitrogen functional groups attached to an aromatic ring is 1. The van der Waals surface area contributed by atoms with Crippen molar-refractivity contribution in [3.05, 3.63) is 150 Å². The molecule has 2 aliphatic carbocycles. The first kappa shape index (κ1) is 27.1. The Bertz CT molecular complexity index is 2790. The first-order valence-electron chi connectivity index (χ1n) is 16.7. The van der Waals surface area contributed by atoms with Gasteiger partial charge in [0.25, 0.3) is 0 Å². The Morgan fingerprint density at radius 1 is 0.750 bits per heavy atom. The molecule has 2 aliphatic rings. The predicted molar refractivity (Wildman–Crippen MR) is 201 cm³/mol. The average Bonchev–Trinajstić information content (AvgIpc) is 3.74. The minimum absolute atomic E-state index is 0.205. The van der Waals surface area contributed by atoms with Crippen LogP contribution in [0.4, 0.5) is 5.82 Å². The Kier molecular flexibility index (Phi) is 5.80. The van der Waals surface area contributed by atoms with E-state index in [1.807, 2.05) is 18.2 Å². The number of hydrogen-bond acceptors (Lipinski definition) is 2. The normalized spacial score (nSPS) is 15.8. The maximum Gasteiger partial charge on any atom is 0.136 e. The minimum atomic E-state index is 0.205. The minimum Gasteiger partial charge on any atom is -0.464 e. The summed E-state index contributed by atoms with van der Waals surface area (Å²) in [5, 5.41) is 6.72. The Morgan fingerprint density at radius 2 is 1.60 bits per heavy atom. The van der Waals surface area contributed by atoms with E-state index in [4.69, 9.17) is 10.2 Å². The summed E-state index contributed by atoms with van der Waals surface area (Å²) in [6, 6.07) is 32.7. The summed E-state index contributed by atoms with van der Waals surface area (Å²) < 4.78 is 10.8. The van der Waals surface area contributed by atoms with E-state index in [1.54, 1.807) is 6.26 Å². The zero-order valence-corrected chi connectivity index (χ0v) is 26.5. The van der Waals surface area contributed by atoms with Gasteiger partial charge in [-0.25, -0.2) is 0 Å². The molecule has 4 aromatic heterocycles. The lowest BCUT2D eigenvalue weighted by Crippen LogP contribution is -2.02. The molecule has 230 valence electrons. The van der Waals surface area contributed by atoms with Gasteiger partial charge in [-0.1, -0.05) is 79.4 Å². The van der Waals surface area contributed by atoms with Crippen molar-refractivity contribution in [2.24, 2.45) is 0 Å². The van der Waals surface area contributed by atoms with E-state index in [1.165, 1.54) is 55.3 Å². The highest BCUT2D eigenvalue weighted by Gasteiger charge is 2.26. The van der Waals surface area contributed by atoms with Crippen molar-refractivity contribution in [3.8, 4) is 16.8 Å². The fourth-order valence-corrected chi connectivity index (χ4v) is 8.28. The van der Waals surface area contributed by atoms with Gasteiger partial charge >= 0.3 is 0 Å². The fourth-order valence-electron chi connectivity index (χ4n) is 8.28. The molecule has 4 heterocycles. The number of rotatable bonds is 3. The molecule has 1 atom stereocenters. The molecule has 0 aliphatic heterocycles. The molecule has 0 amide bonds. The number of anilines is 1. The predicted octanol–water partition coefficient (Wildman–Crippen LogP) is 10.4. The van der Waals surface area contributed by atoms with Crippen molar-refractivity contribution in [3.63, 3.8) is 0 Å². The smallest absolute Gasteiger partial charge is 0.136 e. The number of fused-ring (bicyclic) bond motifs is 7. The third-order valence-corrected chi connectivity index (χ3v) is 10.4. The molecule has 8 aromatic rings. The third-order valence-electron chi connectivity index (χ3n) is 10.4. The lowest BCUT2D eigenvalue weighted by molar-refractivity contribution is 0.606.